The van der Waals surface area contributed by atoms with Gasteiger partial charge in [-0.25, -0.2) is 9.37 Å². The van der Waals surface area contributed by atoms with Crippen molar-refractivity contribution in [2.75, 3.05) is 6.61 Å². The van der Waals surface area contributed by atoms with E-state index in [0.717, 1.165) is 32.1 Å². The number of ether oxygens (including phenoxy) is 1. The van der Waals surface area contributed by atoms with Crippen molar-refractivity contribution in [1.82, 2.24) is 9.55 Å². The summed E-state index contributed by atoms with van der Waals surface area (Å²) in [6.45, 7) is 6.75. The molecule has 0 aliphatic rings. The number of rotatable bonds is 5. The molecule has 0 amide bonds. The van der Waals surface area contributed by atoms with Gasteiger partial charge < -0.3 is 4.74 Å². The number of aromatic nitrogens is 2. The molecule has 2 aromatic heterocycles. The van der Waals surface area contributed by atoms with Crippen LogP contribution < -0.4 is 10.3 Å². The number of nitrogens with zero attached hydrogens (tertiary/aromatic N) is 2. The van der Waals surface area contributed by atoms with Crippen molar-refractivity contribution in [3.05, 3.63) is 81.0 Å². The molecule has 0 saturated heterocycles. The van der Waals surface area contributed by atoms with Crippen LogP contribution in [0.25, 0.3) is 21.3 Å². The highest BCUT2D eigenvalue weighted by atomic mass is 32.1. The molecule has 148 valence electrons. The van der Waals surface area contributed by atoms with E-state index in [2.05, 4.69) is 4.98 Å². The number of fused-ring (bicyclic) bond motifs is 1. The van der Waals surface area contributed by atoms with Crippen LogP contribution in [0.2, 0.25) is 0 Å². The summed E-state index contributed by atoms with van der Waals surface area (Å²) >= 11 is 1.53. The van der Waals surface area contributed by atoms with Gasteiger partial charge in [-0.15, -0.1) is 11.3 Å². The monoisotopic (exact) mass is 408 g/mol. The van der Waals surface area contributed by atoms with Crippen molar-refractivity contribution in [3.63, 3.8) is 0 Å². The molecule has 0 aliphatic carbocycles. The molecule has 6 heteroatoms. The van der Waals surface area contributed by atoms with Gasteiger partial charge in [-0.05, 0) is 56.2 Å². The standard InChI is InChI=1S/C23H21FN2O2S/c1-4-28-19-11-7-17(8-12-19)20-14(2)29-22-21(20)23(27)26(15(3)25-22)13-16-5-9-18(24)10-6-16/h5-12H,4,13H2,1-3H3. The van der Waals surface area contributed by atoms with Crippen LogP contribution >= 0.6 is 11.3 Å². The first-order chi connectivity index (χ1) is 14.0. The Kier molecular flexibility index (Phi) is 5.20. The van der Waals surface area contributed by atoms with Gasteiger partial charge in [-0.3, -0.25) is 9.36 Å². The zero-order valence-corrected chi connectivity index (χ0v) is 17.3. The molecule has 4 rings (SSSR count). The molecule has 4 aromatic rings. The highest BCUT2D eigenvalue weighted by molar-refractivity contribution is 7.19. The van der Waals surface area contributed by atoms with Crippen LogP contribution in [0, 0.1) is 19.7 Å². The Bertz CT molecular complexity index is 1230. The third kappa shape index (κ3) is 3.68. The summed E-state index contributed by atoms with van der Waals surface area (Å²) < 4.78 is 20.4. The predicted molar refractivity (Wildman–Crippen MR) is 115 cm³/mol. The number of hydrogen-bond donors (Lipinski definition) is 0. The number of aryl methyl sites for hydroxylation is 2. The van der Waals surface area contributed by atoms with Gasteiger partial charge in [-0.2, -0.15) is 0 Å². The molecule has 29 heavy (non-hydrogen) atoms. The summed E-state index contributed by atoms with van der Waals surface area (Å²) in [6.07, 6.45) is 0. The molecule has 0 N–H and O–H groups in total. The van der Waals surface area contributed by atoms with Gasteiger partial charge in [0.15, 0.2) is 0 Å². The van der Waals surface area contributed by atoms with Gasteiger partial charge in [0.05, 0.1) is 18.5 Å². The van der Waals surface area contributed by atoms with E-state index in [1.165, 1.54) is 23.5 Å². The third-order valence-electron chi connectivity index (χ3n) is 4.89. The molecule has 4 nitrogen and oxygen atoms in total. The molecule has 0 spiro atoms. The lowest BCUT2D eigenvalue weighted by Gasteiger charge is -2.11. The fourth-order valence-electron chi connectivity index (χ4n) is 3.49. The number of benzene rings is 2. The molecule has 0 saturated carbocycles. The van der Waals surface area contributed by atoms with Crippen molar-refractivity contribution < 1.29 is 9.13 Å². The van der Waals surface area contributed by atoms with Gasteiger partial charge in [0, 0.05) is 10.4 Å². The number of hydrogen-bond acceptors (Lipinski definition) is 4. The van der Waals surface area contributed by atoms with Crippen LogP contribution in [0.5, 0.6) is 5.75 Å². The van der Waals surface area contributed by atoms with E-state index in [1.54, 1.807) is 16.7 Å². The van der Waals surface area contributed by atoms with E-state index in [0.29, 0.717) is 24.4 Å². The minimum atomic E-state index is -0.294. The fourth-order valence-corrected chi connectivity index (χ4v) is 4.57. The lowest BCUT2D eigenvalue weighted by atomic mass is 10.0. The predicted octanol–water partition coefficient (Wildman–Crippen LogP) is 5.33. The summed E-state index contributed by atoms with van der Waals surface area (Å²) in [5.41, 5.74) is 2.66. The van der Waals surface area contributed by atoms with E-state index in [1.807, 2.05) is 45.0 Å². The van der Waals surface area contributed by atoms with Crippen LogP contribution in [0.15, 0.2) is 53.3 Å². The topological polar surface area (TPSA) is 44.1 Å². The van der Waals surface area contributed by atoms with E-state index in [9.17, 15) is 9.18 Å². The maximum atomic E-state index is 13.4. The molecule has 0 fully saturated rings. The van der Waals surface area contributed by atoms with Gasteiger partial charge in [0.1, 0.15) is 22.2 Å². The maximum Gasteiger partial charge on any atom is 0.263 e. The van der Waals surface area contributed by atoms with E-state index < -0.39 is 0 Å². The second-order valence-electron chi connectivity index (χ2n) is 6.85. The summed E-state index contributed by atoms with van der Waals surface area (Å²) in [4.78, 5) is 19.9. The summed E-state index contributed by atoms with van der Waals surface area (Å²) in [6, 6.07) is 14.0. The summed E-state index contributed by atoms with van der Waals surface area (Å²) in [5.74, 6) is 1.15. The third-order valence-corrected chi connectivity index (χ3v) is 5.89. The van der Waals surface area contributed by atoms with Crippen LogP contribution in [-0.2, 0) is 6.54 Å². The van der Waals surface area contributed by atoms with Crippen molar-refractivity contribution in [2.45, 2.75) is 27.3 Å². The van der Waals surface area contributed by atoms with Gasteiger partial charge >= 0.3 is 0 Å². The zero-order valence-electron chi connectivity index (χ0n) is 16.5. The van der Waals surface area contributed by atoms with Gasteiger partial charge in [0.2, 0.25) is 0 Å². The Hall–Kier alpha value is -2.99. The minimum Gasteiger partial charge on any atom is -0.494 e. The molecular formula is C23H21FN2O2S. The zero-order chi connectivity index (χ0) is 20.5. The largest absolute Gasteiger partial charge is 0.494 e. The normalized spacial score (nSPS) is 11.2. The molecular weight excluding hydrogens is 387 g/mol. The van der Waals surface area contributed by atoms with Crippen LogP contribution in [0.3, 0.4) is 0 Å². The first-order valence-corrected chi connectivity index (χ1v) is 10.3. The van der Waals surface area contributed by atoms with E-state index in [-0.39, 0.29) is 11.4 Å². The Morgan fingerprint density at radius 3 is 2.41 bits per heavy atom. The Morgan fingerprint density at radius 2 is 1.76 bits per heavy atom. The lowest BCUT2D eigenvalue weighted by molar-refractivity contribution is 0.340. The Balaban J connectivity index is 1.85. The van der Waals surface area contributed by atoms with Crippen molar-refractivity contribution in [3.8, 4) is 16.9 Å². The molecule has 0 bridgehead atoms. The first kappa shape index (κ1) is 19.3. The lowest BCUT2D eigenvalue weighted by Crippen LogP contribution is -2.24. The number of halogens is 1. The maximum absolute atomic E-state index is 13.4. The molecule has 0 atom stereocenters. The Labute approximate surface area is 172 Å². The van der Waals surface area contributed by atoms with Crippen molar-refractivity contribution in [1.29, 1.82) is 0 Å². The van der Waals surface area contributed by atoms with E-state index in [4.69, 9.17) is 4.74 Å². The Morgan fingerprint density at radius 1 is 1.07 bits per heavy atom. The second-order valence-corrected chi connectivity index (χ2v) is 8.05. The minimum absolute atomic E-state index is 0.0786. The highest BCUT2D eigenvalue weighted by Gasteiger charge is 2.18. The van der Waals surface area contributed by atoms with Crippen LogP contribution in [0.4, 0.5) is 4.39 Å². The summed E-state index contributed by atoms with van der Waals surface area (Å²) in [5, 5.41) is 0.629. The number of thiophene rings is 1. The average Bonchev–Trinajstić information content (AvgIpc) is 3.03. The van der Waals surface area contributed by atoms with Gasteiger partial charge in [0.25, 0.3) is 5.56 Å². The molecule has 2 heterocycles. The molecule has 2 aromatic carbocycles. The molecule has 0 unspecified atom stereocenters. The average molecular weight is 408 g/mol. The molecule has 0 radical (unpaired) electrons. The van der Waals surface area contributed by atoms with Crippen molar-refractivity contribution in [2.24, 2.45) is 0 Å². The quantitative estimate of drug-likeness (QED) is 0.448. The highest BCUT2D eigenvalue weighted by Crippen LogP contribution is 2.36. The van der Waals surface area contributed by atoms with Crippen molar-refractivity contribution >= 4 is 21.6 Å². The molecule has 0 aliphatic heterocycles. The van der Waals surface area contributed by atoms with Crippen LogP contribution in [-0.4, -0.2) is 16.2 Å². The summed E-state index contributed by atoms with van der Waals surface area (Å²) in [7, 11) is 0. The fraction of sp³-hybridized carbons (Fsp3) is 0.217. The second kappa shape index (κ2) is 7.79. The smallest absolute Gasteiger partial charge is 0.263 e. The van der Waals surface area contributed by atoms with E-state index >= 15 is 0 Å². The first-order valence-electron chi connectivity index (χ1n) is 9.46. The van der Waals surface area contributed by atoms with Gasteiger partial charge in [-0.1, -0.05) is 24.3 Å². The van der Waals surface area contributed by atoms with Crippen LogP contribution in [0.1, 0.15) is 23.2 Å². The SMILES string of the molecule is CCOc1ccc(-c2c(C)sc3nc(C)n(Cc4ccc(F)cc4)c(=O)c23)cc1.